The Morgan fingerprint density at radius 3 is 2.80 bits per heavy atom. The Morgan fingerprint density at radius 2 is 2.10 bits per heavy atom. The third-order valence-electron chi connectivity index (χ3n) is 2.91. The van der Waals surface area contributed by atoms with Gasteiger partial charge in [0, 0.05) is 0 Å². The van der Waals surface area contributed by atoms with Crippen molar-refractivity contribution in [3.05, 3.63) is 24.3 Å². The second-order valence-corrected chi connectivity index (χ2v) is 4.35. The first-order valence-corrected chi connectivity index (χ1v) is 6.07. The quantitative estimate of drug-likeness (QED) is 0.780. The van der Waals surface area contributed by atoms with Crippen molar-refractivity contribution in [2.45, 2.75) is 13.0 Å². The van der Waals surface area contributed by atoms with Crippen LogP contribution in [0.15, 0.2) is 24.3 Å². The molecular formula is C13H15N3O4. The van der Waals surface area contributed by atoms with Crippen molar-refractivity contribution < 1.29 is 19.1 Å². The summed E-state index contributed by atoms with van der Waals surface area (Å²) in [5.41, 5.74) is 1.14. The molecule has 0 radical (unpaired) electrons. The summed E-state index contributed by atoms with van der Waals surface area (Å²) in [6, 6.07) is 5.64. The number of para-hydroxylation sites is 2. The summed E-state index contributed by atoms with van der Waals surface area (Å²) in [7, 11) is 1.24. The molecule has 106 valence electrons. The number of methoxy groups -OCH3 is 1. The van der Waals surface area contributed by atoms with Gasteiger partial charge in [-0.05, 0) is 19.1 Å². The molecule has 0 aliphatic carbocycles. The van der Waals surface area contributed by atoms with Crippen LogP contribution in [0.5, 0.6) is 0 Å². The van der Waals surface area contributed by atoms with Crippen LogP contribution in [0.25, 0.3) is 0 Å². The Bertz CT molecular complexity index is 558. The van der Waals surface area contributed by atoms with Crippen molar-refractivity contribution in [2.75, 3.05) is 23.9 Å². The number of fused-ring (bicyclic) bond motifs is 1. The number of urea groups is 1. The Labute approximate surface area is 115 Å². The van der Waals surface area contributed by atoms with E-state index in [-0.39, 0.29) is 12.5 Å². The monoisotopic (exact) mass is 277 g/mol. The third-order valence-corrected chi connectivity index (χ3v) is 2.91. The lowest BCUT2D eigenvalue weighted by Crippen LogP contribution is -2.51. The molecule has 7 heteroatoms. The fourth-order valence-corrected chi connectivity index (χ4v) is 1.91. The zero-order valence-corrected chi connectivity index (χ0v) is 11.2. The van der Waals surface area contributed by atoms with Gasteiger partial charge in [0.15, 0.2) is 0 Å². The SMILES string of the molecule is COC(=O)[C@@H](C)NC(=O)N1CC(=O)Nc2ccccc21. The van der Waals surface area contributed by atoms with E-state index in [1.54, 1.807) is 24.3 Å². The first-order chi connectivity index (χ1) is 9.52. The summed E-state index contributed by atoms with van der Waals surface area (Å²) in [5, 5.41) is 5.17. The molecule has 3 amide bonds. The zero-order valence-electron chi connectivity index (χ0n) is 11.2. The van der Waals surface area contributed by atoms with Gasteiger partial charge in [0.1, 0.15) is 12.6 Å². The molecule has 0 aromatic heterocycles. The van der Waals surface area contributed by atoms with Crippen molar-refractivity contribution in [1.82, 2.24) is 5.32 Å². The number of hydrogen-bond donors (Lipinski definition) is 2. The molecule has 1 heterocycles. The predicted octanol–water partition coefficient (Wildman–Crippen LogP) is 0.716. The fourth-order valence-electron chi connectivity index (χ4n) is 1.91. The van der Waals surface area contributed by atoms with Crippen molar-refractivity contribution in [2.24, 2.45) is 0 Å². The molecule has 0 bridgehead atoms. The van der Waals surface area contributed by atoms with Gasteiger partial charge in [0.2, 0.25) is 5.91 Å². The smallest absolute Gasteiger partial charge is 0.328 e. The highest BCUT2D eigenvalue weighted by molar-refractivity contribution is 6.09. The maximum atomic E-state index is 12.2. The summed E-state index contributed by atoms with van der Waals surface area (Å²) >= 11 is 0. The van der Waals surface area contributed by atoms with Crippen LogP contribution in [0, 0.1) is 0 Å². The Kier molecular flexibility index (Phi) is 3.88. The average molecular weight is 277 g/mol. The molecule has 0 unspecified atom stereocenters. The summed E-state index contributed by atoms with van der Waals surface area (Å²) in [5.74, 6) is -0.835. The molecule has 1 aliphatic heterocycles. The Morgan fingerprint density at radius 1 is 1.40 bits per heavy atom. The lowest BCUT2D eigenvalue weighted by molar-refractivity contribution is -0.142. The molecule has 0 spiro atoms. The Balaban J connectivity index is 2.18. The first kappa shape index (κ1) is 13.9. The van der Waals surface area contributed by atoms with E-state index in [2.05, 4.69) is 15.4 Å². The molecule has 20 heavy (non-hydrogen) atoms. The summed E-state index contributed by atoms with van der Waals surface area (Å²) in [4.78, 5) is 36.3. The number of ether oxygens (including phenoxy) is 1. The molecule has 1 atom stereocenters. The van der Waals surface area contributed by atoms with E-state index < -0.39 is 18.0 Å². The number of nitrogens with zero attached hydrogens (tertiary/aromatic N) is 1. The average Bonchev–Trinajstić information content (AvgIpc) is 2.45. The van der Waals surface area contributed by atoms with Crippen molar-refractivity contribution >= 4 is 29.3 Å². The van der Waals surface area contributed by atoms with Crippen LogP contribution in [0.3, 0.4) is 0 Å². The van der Waals surface area contributed by atoms with Gasteiger partial charge >= 0.3 is 12.0 Å². The van der Waals surface area contributed by atoms with Gasteiger partial charge in [-0.2, -0.15) is 0 Å². The minimum Gasteiger partial charge on any atom is -0.467 e. The standard InChI is InChI=1S/C13H15N3O4/c1-8(12(18)20-2)14-13(19)16-7-11(17)15-9-5-3-4-6-10(9)16/h3-6,8H,7H2,1-2H3,(H,14,19)(H,15,17)/t8-/m1/s1. The van der Waals surface area contributed by atoms with Gasteiger partial charge in [0.05, 0.1) is 18.5 Å². The van der Waals surface area contributed by atoms with Crippen LogP contribution in [0.1, 0.15) is 6.92 Å². The van der Waals surface area contributed by atoms with E-state index in [4.69, 9.17) is 0 Å². The van der Waals surface area contributed by atoms with Crippen molar-refractivity contribution in [3.63, 3.8) is 0 Å². The van der Waals surface area contributed by atoms with Crippen LogP contribution >= 0.6 is 0 Å². The van der Waals surface area contributed by atoms with Crippen LogP contribution in [-0.2, 0) is 14.3 Å². The van der Waals surface area contributed by atoms with Gasteiger partial charge in [0.25, 0.3) is 0 Å². The fraction of sp³-hybridized carbons (Fsp3) is 0.308. The number of esters is 1. The minimum absolute atomic E-state index is 0.100. The number of rotatable bonds is 2. The minimum atomic E-state index is -0.787. The number of nitrogens with one attached hydrogen (secondary N) is 2. The largest absolute Gasteiger partial charge is 0.467 e. The normalized spacial score (nSPS) is 14.9. The maximum absolute atomic E-state index is 12.2. The number of carbonyl (C=O) groups excluding carboxylic acids is 3. The molecule has 2 N–H and O–H groups in total. The highest BCUT2D eigenvalue weighted by Crippen LogP contribution is 2.28. The molecule has 2 rings (SSSR count). The predicted molar refractivity (Wildman–Crippen MR) is 72.4 cm³/mol. The summed E-state index contributed by atoms with van der Waals surface area (Å²) in [6.07, 6.45) is 0. The lowest BCUT2D eigenvalue weighted by atomic mass is 10.2. The molecule has 0 saturated heterocycles. The van der Waals surface area contributed by atoms with Crippen LogP contribution in [-0.4, -0.2) is 37.6 Å². The number of anilines is 2. The van der Waals surface area contributed by atoms with Crippen molar-refractivity contribution in [1.29, 1.82) is 0 Å². The summed E-state index contributed by atoms with van der Waals surface area (Å²) in [6.45, 7) is 1.41. The molecule has 1 aliphatic rings. The second-order valence-electron chi connectivity index (χ2n) is 4.35. The highest BCUT2D eigenvalue weighted by atomic mass is 16.5. The van der Waals surface area contributed by atoms with Crippen LogP contribution in [0.2, 0.25) is 0 Å². The maximum Gasteiger partial charge on any atom is 0.328 e. The number of hydrogen-bond acceptors (Lipinski definition) is 4. The van der Waals surface area contributed by atoms with E-state index in [9.17, 15) is 14.4 Å². The highest BCUT2D eigenvalue weighted by Gasteiger charge is 2.28. The van der Waals surface area contributed by atoms with E-state index in [1.165, 1.54) is 18.9 Å². The van der Waals surface area contributed by atoms with Crippen molar-refractivity contribution in [3.8, 4) is 0 Å². The Hall–Kier alpha value is -2.57. The molecule has 0 fully saturated rings. The van der Waals surface area contributed by atoms with Gasteiger partial charge < -0.3 is 15.4 Å². The van der Waals surface area contributed by atoms with Crippen LogP contribution in [0.4, 0.5) is 16.2 Å². The molecule has 7 nitrogen and oxygen atoms in total. The lowest BCUT2D eigenvalue weighted by Gasteiger charge is -2.29. The molecule has 1 aromatic carbocycles. The van der Waals surface area contributed by atoms with Crippen LogP contribution < -0.4 is 15.5 Å². The number of amides is 3. The van der Waals surface area contributed by atoms with Gasteiger partial charge in [-0.3, -0.25) is 9.69 Å². The second kappa shape index (κ2) is 5.60. The first-order valence-electron chi connectivity index (χ1n) is 6.07. The van der Waals surface area contributed by atoms with Gasteiger partial charge in [-0.1, -0.05) is 12.1 Å². The van der Waals surface area contributed by atoms with Gasteiger partial charge in [-0.25, -0.2) is 9.59 Å². The number of benzene rings is 1. The molecular weight excluding hydrogens is 262 g/mol. The van der Waals surface area contributed by atoms with Gasteiger partial charge in [-0.15, -0.1) is 0 Å². The van der Waals surface area contributed by atoms with E-state index in [1.807, 2.05) is 0 Å². The van der Waals surface area contributed by atoms with E-state index in [0.717, 1.165) is 0 Å². The molecule has 0 saturated carbocycles. The summed E-state index contributed by atoms with van der Waals surface area (Å²) < 4.78 is 4.54. The van der Waals surface area contributed by atoms with E-state index >= 15 is 0 Å². The number of carbonyl (C=O) groups is 3. The zero-order chi connectivity index (χ0) is 14.7. The third kappa shape index (κ3) is 2.71. The molecule has 1 aromatic rings. The topological polar surface area (TPSA) is 87.7 Å². The van der Waals surface area contributed by atoms with E-state index in [0.29, 0.717) is 11.4 Å².